The summed E-state index contributed by atoms with van der Waals surface area (Å²) < 4.78 is 13.2. The van der Waals surface area contributed by atoms with Crippen molar-refractivity contribution in [1.29, 1.82) is 0 Å². The molecule has 0 aromatic heterocycles. The van der Waals surface area contributed by atoms with Crippen molar-refractivity contribution in [2.75, 3.05) is 43.4 Å². The summed E-state index contributed by atoms with van der Waals surface area (Å²) in [5, 5.41) is 2.95. The fraction of sp³-hybridized carbons (Fsp3) is 0.381. The number of nitrogens with zero attached hydrogens (tertiary/aromatic N) is 2. The number of amides is 1. The molecule has 1 aliphatic heterocycles. The highest BCUT2D eigenvalue weighted by Crippen LogP contribution is 2.24. The molecule has 1 saturated heterocycles. The van der Waals surface area contributed by atoms with Crippen LogP contribution in [0.2, 0.25) is 0 Å². The van der Waals surface area contributed by atoms with Crippen molar-refractivity contribution in [3.63, 3.8) is 0 Å². The van der Waals surface area contributed by atoms with Crippen LogP contribution in [0.3, 0.4) is 0 Å². The molecular weight excluding hydrogens is 329 g/mol. The van der Waals surface area contributed by atoms with Crippen LogP contribution in [-0.4, -0.2) is 44.0 Å². The third-order valence-corrected chi connectivity index (χ3v) is 4.85. The second kappa shape index (κ2) is 8.32. The Morgan fingerprint density at radius 3 is 2.58 bits per heavy atom. The Morgan fingerprint density at radius 2 is 1.88 bits per heavy atom. The van der Waals surface area contributed by atoms with Gasteiger partial charge in [-0.1, -0.05) is 12.1 Å². The molecule has 0 unspecified atom stereocenters. The van der Waals surface area contributed by atoms with Gasteiger partial charge in [-0.2, -0.15) is 0 Å². The van der Waals surface area contributed by atoms with Crippen LogP contribution in [-0.2, 0) is 11.2 Å². The molecule has 0 saturated carbocycles. The maximum Gasteiger partial charge on any atom is 0.224 e. The van der Waals surface area contributed by atoms with E-state index in [4.69, 9.17) is 0 Å². The van der Waals surface area contributed by atoms with Crippen molar-refractivity contribution >= 4 is 17.3 Å². The van der Waals surface area contributed by atoms with Gasteiger partial charge in [0.05, 0.1) is 0 Å². The van der Waals surface area contributed by atoms with Gasteiger partial charge in [0, 0.05) is 44.0 Å². The van der Waals surface area contributed by atoms with Crippen LogP contribution in [0.25, 0.3) is 0 Å². The summed E-state index contributed by atoms with van der Waals surface area (Å²) in [7, 11) is 2.15. The monoisotopic (exact) mass is 355 g/mol. The maximum atomic E-state index is 13.2. The molecule has 1 aliphatic rings. The van der Waals surface area contributed by atoms with Gasteiger partial charge in [-0.15, -0.1) is 0 Å². The van der Waals surface area contributed by atoms with Gasteiger partial charge < -0.3 is 15.1 Å². The summed E-state index contributed by atoms with van der Waals surface area (Å²) in [6.45, 7) is 6.26. The number of piperazine rings is 1. The Balaban J connectivity index is 1.56. The number of anilines is 2. The van der Waals surface area contributed by atoms with Gasteiger partial charge in [0.25, 0.3) is 0 Å². The quantitative estimate of drug-likeness (QED) is 0.892. The van der Waals surface area contributed by atoms with E-state index in [9.17, 15) is 9.18 Å². The van der Waals surface area contributed by atoms with E-state index >= 15 is 0 Å². The first-order valence-electron chi connectivity index (χ1n) is 9.10. The van der Waals surface area contributed by atoms with Crippen LogP contribution in [0.1, 0.15) is 17.5 Å². The van der Waals surface area contributed by atoms with Crippen molar-refractivity contribution in [2.45, 2.75) is 19.8 Å². The molecule has 5 heteroatoms. The van der Waals surface area contributed by atoms with Crippen LogP contribution in [0.5, 0.6) is 0 Å². The van der Waals surface area contributed by atoms with Gasteiger partial charge in [0.2, 0.25) is 5.91 Å². The number of likely N-dealkylation sites (N-methyl/N-ethyl adjacent to an activating group) is 1. The Bertz CT molecular complexity index is 770. The van der Waals surface area contributed by atoms with Gasteiger partial charge in [-0.3, -0.25) is 4.79 Å². The van der Waals surface area contributed by atoms with E-state index in [0.717, 1.165) is 43.0 Å². The molecule has 0 atom stereocenters. The molecule has 1 fully saturated rings. The van der Waals surface area contributed by atoms with Crippen LogP contribution in [0.15, 0.2) is 42.5 Å². The number of rotatable bonds is 5. The second-order valence-electron chi connectivity index (χ2n) is 6.97. The zero-order valence-corrected chi connectivity index (χ0v) is 15.5. The third-order valence-electron chi connectivity index (χ3n) is 4.85. The SMILES string of the molecule is Cc1cc(NC(=O)CCc2cccc(F)c2)ccc1N1CCN(C)CC1. The lowest BCUT2D eigenvalue weighted by Gasteiger charge is -2.35. The highest BCUT2D eigenvalue weighted by molar-refractivity contribution is 5.91. The van der Waals surface area contributed by atoms with E-state index in [0.29, 0.717) is 12.8 Å². The normalized spacial score (nSPS) is 15.1. The highest BCUT2D eigenvalue weighted by Gasteiger charge is 2.16. The first-order valence-corrected chi connectivity index (χ1v) is 9.10. The van der Waals surface area contributed by atoms with Gasteiger partial charge in [-0.25, -0.2) is 4.39 Å². The molecule has 0 bridgehead atoms. The molecule has 26 heavy (non-hydrogen) atoms. The largest absolute Gasteiger partial charge is 0.369 e. The topological polar surface area (TPSA) is 35.6 Å². The lowest BCUT2D eigenvalue weighted by Crippen LogP contribution is -2.44. The van der Waals surface area contributed by atoms with Crippen LogP contribution >= 0.6 is 0 Å². The molecule has 1 amide bonds. The Kier molecular flexibility index (Phi) is 5.89. The number of aryl methyl sites for hydroxylation is 2. The summed E-state index contributed by atoms with van der Waals surface area (Å²) >= 11 is 0. The smallest absolute Gasteiger partial charge is 0.224 e. The fourth-order valence-corrected chi connectivity index (χ4v) is 3.31. The Labute approximate surface area is 154 Å². The van der Waals surface area contributed by atoms with Crippen LogP contribution < -0.4 is 10.2 Å². The molecule has 0 spiro atoms. The Morgan fingerprint density at radius 1 is 1.12 bits per heavy atom. The minimum atomic E-state index is -0.266. The molecule has 3 rings (SSSR count). The third kappa shape index (κ3) is 4.82. The highest BCUT2D eigenvalue weighted by atomic mass is 19.1. The van der Waals surface area contributed by atoms with Gasteiger partial charge in [-0.05, 0) is 61.9 Å². The van der Waals surface area contributed by atoms with E-state index in [1.807, 2.05) is 18.2 Å². The summed E-state index contributed by atoms with van der Waals surface area (Å²) in [5.41, 5.74) is 4.04. The van der Waals surface area contributed by atoms with Gasteiger partial charge >= 0.3 is 0 Å². The predicted molar refractivity (Wildman–Crippen MR) is 104 cm³/mol. The molecule has 1 heterocycles. The number of benzene rings is 2. The van der Waals surface area contributed by atoms with Crippen LogP contribution in [0, 0.1) is 12.7 Å². The number of hydrogen-bond acceptors (Lipinski definition) is 3. The van der Waals surface area contributed by atoms with Gasteiger partial charge in [0.15, 0.2) is 0 Å². The molecule has 0 radical (unpaired) electrons. The van der Waals surface area contributed by atoms with E-state index in [1.54, 1.807) is 6.07 Å². The van der Waals surface area contributed by atoms with E-state index < -0.39 is 0 Å². The van der Waals surface area contributed by atoms with E-state index in [-0.39, 0.29) is 11.7 Å². The van der Waals surface area contributed by atoms with Crippen molar-refractivity contribution < 1.29 is 9.18 Å². The number of carbonyl (C=O) groups is 1. The molecule has 1 N–H and O–H groups in total. The number of carbonyl (C=O) groups excluding carboxylic acids is 1. The minimum absolute atomic E-state index is 0.0546. The average molecular weight is 355 g/mol. The standard InChI is InChI=1S/C21H26FN3O/c1-16-14-19(7-8-20(16)25-12-10-24(2)11-13-25)23-21(26)9-6-17-4-3-5-18(22)15-17/h3-5,7-8,14-15H,6,9-13H2,1-2H3,(H,23,26). The Hall–Kier alpha value is -2.40. The summed E-state index contributed by atoms with van der Waals surface area (Å²) in [4.78, 5) is 16.9. The molecule has 4 nitrogen and oxygen atoms in total. The number of halogens is 1. The molecule has 2 aromatic rings. The lowest BCUT2D eigenvalue weighted by atomic mass is 10.1. The van der Waals surface area contributed by atoms with E-state index in [1.165, 1.54) is 17.8 Å². The average Bonchev–Trinajstić information content (AvgIpc) is 2.61. The lowest BCUT2D eigenvalue weighted by molar-refractivity contribution is -0.116. The van der Waals surface area contributed by atoms with Crippen molar-refractivity contribution in [2.24, 2.45) is 0 Å². The first kappa shape index (κ1) is 18.4. The fourth-order valence-electron chi connectivity index (χ4n) is 3.31. The predicted octanol–water partition coefficient (Wildman–Crippen LogP) is 3.46. The number of hydrogen-bond donors (Lipinski definition) is 1. The summed E-state index contributed by atoms with van der Waals surface area (Å²) in [6, 6.07) is 12.5. The summed E-state index contributed by atoms with van der Waals surface area (Å²) in [5.74, 6) is -0.320. The van der Waals surface area contributed by atoms with Crippen LogP contribution in [0.4, 0.5) is 15.8 Å². The van der Waals surface area contributed by atoms with Gasteiger partial charge in [0.1, 0.15) is 5.82 Å². The second-order valence-corrected chi connectivity index (χ2v) is 6.97. The van der Waals surface area contributed by atoms with Crippen molar-refractivity contribution in [3.05, 3.63) is 59.4 Å². The zero-order valence-electron chi connectivity index (χ0n) is 15.5. The molecular formula is C21H26FN3O. The molecule has 0 aliphatic carbocycles. The maximum absolute atomic E-state index is 13.2. The van der Waals surface area contributed by atoms with Crippen molar-refractivity contribution in [3.8, 4) is 0 Å². The number of nitrogens with one attached hydrogen (secondary N) is 1. The molecule has 2 aromatic carbocycles. The van der Waals surface area contributed by atoms with E-state index in [2.05, 4.69) is 35.2 Å². The first-order chi connectivity index (χ1) is 12.5. The molecule has 138 valence electrons. The minimum Gasteiger partial charge on any atom is -0.369 e. The summed E-state index contributed by atoms with van der Waals surface area (Å²) in [6.07, 6.45) is 0.866. The van der Waals surface area contributed by atoms with Crippen molar-refractivity contribution in [1.82, 2.24) is 4.90 Å². The zero-order chi connectivity index (χ0) is 18.5.